The van der Waals surface area contributed by atoms with Crippen LogP contribution < -0.4 is 18.9 Å². The average Bonchev–Trinajstić information content (AvgIpc) is 3.67. The van der Waals surface area contributed by atoms with Crippen molar-refractivity contribution in [3.63, 3.8) is 0 Å². The number of rotatable bonds is 10. The normalized spacial score (nSPS) is 19.1. The summed E-state index contributed by atoms with van der Waals surface area (Å²) in [6.45, 7) is 6.38. The number of aryl methyl sites for hydroxylation is 3. The zero-order valence-corrected chi connectivity index (χ0v) is 26.7. The number of imidazole rings is 1. The van der Waals surface area contributed by atoms with Gasteiger partial charge in [0.15, 0.2) is 24.1 Å². The van der Waals surface area contributed by atoms with E-state index in [4.69, 9.17) is 28.7 Å². The largest absolute Gasteiger partial charge is 0.497 e. The van der Waals surface area contributed by atoms with Crippen LogP contribution >= 0.6 is 0 Å². The molecule has 2 aromatic heterocycles. The molecule has 238 valence electrons. The zero-order chi connectivity index (χ0) is 32.3. The minimum Gasteiger partial charge on any atom is -0.497 e. The molecule has 0 N–H and O–H groups in total. The average molecular weight is 629 g/mol. The van der Waals surface area contributed by atoms with Crippen LogP contribution in [0.3, 0.4) is 0 Å². The Morgan fingerprint density at radius 3 is 1.79 bits per heavy atom. The third kappa shape index (κ3) is 6.48. The smallest absolute Gasteiger partial charge is 0.183 e. The highest BCUT2D eigenvalue weighted by molar-refractivity contribution is 5.87. The second kappa shape index (κ2) is 13.1. The van der Waals surface area contributed by atoms with Gasteiger partial charge in [-0.15, -0.1) is 0 Å². The molecule has 3 heterocycles. The van der Waals surface area contributed by atoms with E-state index >= 15 is 0 Å². The molecule has 0 saturated carbocycles. The summed E-state index contributed by atoms with van der Waals surface area (Å²) in [5, 5.41) is 0. The predicted octanol–water partition coefficient (Wildman–Crippen LogP) is 7.30. The first kappa shape index (κ1) is 30.3. The van der Waals surface area contributed by atoms with Crippen LogP contribution in [-0.4, -0.2) is 51.5 Å². The topological polar surface area (TPSA) is 89.8 Å². The highest BCUT2D eigenvalue weighted by atomic mass is 16.6. The van der Waals surface area contributed by atoms with Crippen LogP contribution in [-0.2, 0) is 4.74 Å². The van der Waals surface area contributed by atoms with Crippen LogP contribution in [0.5, 0.6) is 23.0 Å². The fourth-order valence-corrected chi connectivity index (χ4v) is 5.69. The van der Waals surface area contributed by atoms with Gasteiger partial charge in [-0.2, -0.15) is 0 Å². The van der Waals surface area contributed by atoms with Crippen molar-refractivity contribution in [2.24, 2.45) is 0 Å². The Hall–Kier alpha value is -5.41. The Labute approximate surface area is 273 Å². The number of fused-ring (bicyclic) bond motifs is 1. The van der Waals surface area contributed by atoms with E-state index in [0.717, 1.165) is 33.8 Å². The van der Waals surface area contributed by atoms with Crippen molar-refractivity contribution in [3.8, 4) is 34.3 Å². The van der Waals surface area contributed by atoms with Crippen molar-refractivity contribution in [1.29, 1.82) is 0 Å². The molecule has 6 aromatic rings. The number of benzene rings is 4. The first-order valence-corrected chi connectivity index (χ1v) is 15.6. The molecule has 0 amide bonds. The quantitative estimate of drug-likeness (QED) is 0.156. The zero-order valence-electron chi connectivity index (χ0n) is 26.7. The van der Waals surface area contributed by atoms with Crippen molar-refractivity contribution in [2.45, 2.75) is 45.3 Å². The van der Waals surface area contributed by atoms with Gasteiger partial charge >= 0.3 is 0 Å². The van der Waals surface area contributed by atoms with E-state index in [1.165, 1.54) is 0 Å². The minimum absolute atomic E-state index is 0.239. The monoisotopic (exact) mass is 628 g/mol. The molecule has 47 heavy (non-hydrogen) atoms. The van der Waals surface area contributed by atoms with Gasteiger partial charge in [-0.3, -0.25) is 4.57 Å². The van der Waals surface area contributed by atoms with Crippen LogP contribution in [0, 0.1) is 20.8 Å². The third-order valence-electron chi connectivity index (χ3n) is 8.30. The maximum Gasteiger partial charge on any atom is 0.183 e. The molecule has 4 atom stereocenters. The molecule has 1 aliphatic rings. The van der Waals surface area contributed by atoms with Crippen LogP contribution in [0.2, 0.25) is 0 Å². The molecule has 9 heteroatoms. The van der Waals surface area contributed by atoms with Gasteiger partial charge in [0, 0.05) is 5.56 Å². The summed E-state index contributed by atoms with van der Waals surface area (Å²) in [5.41, 5.74) is 6.29. The van der Waals surface area contributed by atoms with Gasteiger partial charge in [-0.25, -0.2) is 15.0 Å². The molecule has 1 fully saturated rings. The minimum atomic E-state index is -0.651. The standard InChI is InChI=1S/C38H36N4O5/c1-24-5-13-29(14-6-24)44-21-32-35(45-30-15-7-25(2)8-16-30)36(46-31-17-9-26(3)10-18-31)38(47-32)42-23-41-34-33(39-22-40-37(34)42)27-11-19-28(43-4)20-12-27/h5-20,22-23,32,35-36,38H,21H2,1-4H3/t32-,35-,36-,38-/m1/s1. The SMILES string of the molecule is COc1ccc(-c2ncnc3c2ncn3[C@@H]2O[C@H](COc3ccc(C)cc3)[C@@H](Oc3ccc(C)cc3)[C@H]2Oc2ccc(C)cc2)cc1. The molecule has 1 saturated heterocycles. The molecular weight excluding hydrogens is 592 g/mol. The number of hydrogen-bond donors (Lipinski definition) is 0. The summed E-state index contributed by atoms with van der Waals surface area (Å²) in [7, 11) is 1.64. The second-order valence-electron chi connectivity index (χ2n) is 11.8. The second-order valence-corrected chi connectivity index (χ2v) is 11.8. The van der Waals surface area contributed by atoms with Crippen LogP contribution in [0.15, 0.2) is 110 Å². The molecule has 1 aliphatic heterocycles. The number of nitrogens with zero attached hydrogens (tertiary/aromatic N) is 4. The highest BCUT2D eigenvalue weighted by Crippen LogP contribution is 2.38. The van der Waals surface area contributed by atoms with Crippen LogP contribution in [0.4, 0.5) is 0 Å². The lowest BCUT2D eigenvalue weighted by Gasteiger charge is -2.26. The summed E-state index contributed by atoms with van der Waals surface area (Å²) in [4.78, 5) is 14.0. The lowest BCUT2D eigenvalue weighted by molar-refractivity contribution is -0.0434. The van der Waals surface area contributed by atoms with E-state index in [1.807, 2.05) is 122 Å². The maximum absolute atomic E-state index is 6.82. The molecule has 7 rings (SSSR count). The van der Waals surface area contributed by atoms with Crippen LogP contribution in [0.25, 0.3) is 22.4 Å². The lowest BCUT2D eigenvalue weighted by atomic mass is 10.1. The lowest BCUT2D eigenvalue weighted by Crippen LogP contribution is -2.42. The first-order chi connectivity index (χ1) is 22.9. The van der Waals surface area contributed by atoms with Gasteiger partial charge in [0.1, 0.15) is 53.2 Å². The van der Waals surface area contributed by atoms with Gasteiger partial charge in [0.05, 0.1) is 13.4 Å². The fraction of sp³-hybridized carbons (Fsp3) is 0.237. The van der Waals surface area contributed by atoms with Gasteiger partial charge in [0.2, 0.25) is 0 Å². The number of aromatic nitrogens is 4. The molecule has 0 aliphatic carbocycles. The third-order valence-corrected chi connectivity index (χ3v) is 8.30. The molecule has 0 spiro atoms. The molecule has 9 nitrogen and oxygen atoms in total. The summed E-state index contributed by atoms with van der Waals surface area (Å²) < 4.78 is 33.8. The Morgan fingerprint density at radius 1 is 0.638 bits per heavy atom. The number of ether oxygens (including phenoxy) is 5. The predicted molar refractivity (Wildman–Crippen MR) is 179 cm³/mol. The number of hydrogen-bond acceptors (Lipinski definition) is 8. The van der Waals surface area contributed by atoms with E-state index < -0.39 is 24.5 Å². The van der Waals surface area contributed by atoms with Gasteiger partial charge < -0.3 is 23.7 Å². The Kier molecular flexibility index (Phi) is 8.46. The fourth-order valence-electron chi connectivity index (χ4n) is 5.69. The van der Waals surface area contributed by atoms with Crippen molar-refractivity contribution >= 4 is 11.2 Å². The molecule has 4 aromatic carbocycles. The van der Waals surface area contributed by atoms with Crippen molar-refractivity contribution < 1.29 is 23.7 Å². The van der Waals surface area contributed by atoms with Crippen molar-refractivity contribution in [1.82, 2.24) is 19.5 Å². The Morgan fingerprint density at radius 2 is 1.19 bits per heavy atom. The van der Waals surface area contributed by atoms with Crippen LogP contribution in [0.1, 0.15) is 22.9 Å². The first-order valence-electron chi connectivity index (χ1n) is 15.6. The van der Waals surface area contributed by atoms with E-state index in [2.05, 4.69) is 9.97 Å². The molecule has 0 radical (unpaired) electrons. The molecular formula is C38H36N4O5. The van der Waals surface area contributed by atoms with E-state index in [0.29, 0.717) is 28.4 Å². The number of methoxy groups -OCH3 is 1. The molecule has 0 unspecified atom stereocenters. The van der Waals surface area contributed by atoms with E-state index in [9.17, 15) is 0 Å². The Balaban J connectivity index is 1.28. The van der Waals surface area contributed by atoms with Crippen molar-refractivity contribution in [2.75, 3.05) is 13.7 Å². The summed E-state index contributed by atoms with van der Waals surface area (Å²) in [6.07, 6.45) is 0.982. The van der Waals surface area contributed by atoms with Gasteiger partial charge in [0.25, 0.3) is 0 Å². The van der Waals surface area contributed by atoms with E-state index in [1.54, 1.807) is 19.8 Å². The maximum atomic E-state index is 6.82. The van der Waals surface area contributed by atoms with Gasteiger partial charge in [-0.05, 0) is 81.4 Å². The Bertz CT molecular complexity index is 1940. The summed E-state index contributed by atoms with van der Waals surface area (Å²) in [6, 6.07) is 31.6. The summed E-state index contributed by atoms with van der Waals surface area (Å²) in [5.74, 6) is 2.92. The summed E-state index contributed by atoms with van der Waals surface area (Å²) >= 11 is 0. The van der Waals surface area contributed by atoms with Crippen molar-refractivity contribution in [3.05, 3.63) is 126 Å². The highest BCUT2D eigenvalue weighted by Gasteiger charge is 2.50. The van der Waals surface area contributed by atoms with E-state index in [-0.39, 0.29) is 6.61 Å². The molecule has 0 bridgehead atoms. The van der Waals surface area contributed by atoms with Gasteiger partial charge in [-0.1, -0.05) is 53.1 Å².